The maximum atomic E-state index is 12.5. The average molecular weight is 285 g/mol. The van der Waals surface area contributed by atoms with Gasteiger partial charge >= 0.3 is 0 Å². The normalized spacial score (nSPS) is 15.9. The van der Waals surface area contributed by atoms with Gasteiger partial charge in [-0.05, 0) is 38.1 Å². The van der Waals surface area contributed by atoms with E-state index in [0.717, 1.165) is 31.6 Å². The van der Waals surface area contributed by atoms with Gasteiger partial charge in [-0.1, -0.05) is 18.2 Å². The number of nitrogens with zero attached hydrogens (tertiary/aromatic N) is 4. The molecule has 0 aliphatic carbocycles. The number of carbonyl (C=O) groups excluding carboxylic acids is 1. The van der Waals surface area contributed by atoms with Crippen LogP contribution >= 0.6 is 0 Å². The summed E-state index contributed by atoms with van der Waals surface area (Å²) in [6.45, 7) is 1.91. The Hall–Kier alpha value is -2.21. The average Bonchev–Trinajstić information content (AvgIpc) is 3.05. The van der Waals surface area contributed by atoms with Crippen molar-refractivity contribution in [1.82, 2.24) is 25.2 Å². The molecule has 2 heterocycles. The first-order valence-corrected chi connectivity index (χ1v) is 7.21. The van der Waals surface area contributed by atoms with Gasteiger partial charge in [0.1, 0.15) is 0 Å². The van der Waals surface area contributed by atoms with E-state index >= 15 is 0 Å². The van der Waals surface area contributed by atoms with E-state index in [1.807, 2.05) is 37.4 Å². The van der Waals surface area contributed by atoms with Gasteiger partial charge in [0.25, 0.3) is 5.91 Å². The lowest BCUT2D eigenvalue weighted by molar-refractivity contribution is 0.0697. The molecule has 0 bridgehead atoms. The first-order valence-electron chi connectivity index (χ1n) is 7.21. The molecule has 0 spiro atoms. The van der Waals surface area contributed by atoms with Crippen LogP contribution in [0.1, 0.15) is 23.3 Å². The second-order valence-electron chi connectivity index (χ2n) is 5.25. The number of piperidine rings is 1. The van der Waals surface area contributed by atoms with Crippen LogP contribution in [0.25, 0.3) is 5.69 Å². The third kappa shape index (κ3) is 2.95. The molecule has 1 fully saturated rings. The zero-order valence-corrected chi connectivity index (χ0v) is 12.1. The van der Waals surface area contributed by atoms with Gasteiger partial charge in [0.15, 0.2) is 5.69 Å². The summed E-state index contributed by atoms with van der Waals surface area (Å²) in [6.07, 6.45) is 3.50. The lowest BCUT2D eigenvalue weighted by Gasteiger charge is -2.31. The Morgan fingerprint density at radius 1 is 1.29 bits per heavy atom. The van der Waals surface area contributed by atoms with Crippen LogP contribution in [0, 0.1) is 0 Å². The lowest BCUT2D eigenvalue weighted by Crippen LogP contribution is -2.44. The van der Waals surface area contributed by atoms with E-state index in [-0.39, 0.29) is 11.9 Å². The van der Waals surface area contributed by atoms with Crippen LogP contribution in [0.4, 0.5) is 0 Å². The third-order valence-corrected chi connectivity index (χ3v) is 3.87. The molecule has 0 radical (unpaired) electrons. The molecule has 1 aromatic carbocycles. The van der Waals surface area contributed by atoms with Gasteiger partial charge in [-0.25, -0.2) is 0 Å². The minimum absolute atomic E-state index is 0.0657. The molecular weight excluding hydrogens is 266 g/mol. The van der Waals surface area contributed by atoms with Gasteiger partial charge in [0.05, 0.1) is 11.9 Å². The van der Waals surface area contributed by atoms with Crippen molar-refractivity contribution < 1.29 is 4.79 Å². The van der Waals surface area contributed by atoms with Gasteiger partial charge in [-0.15, -0.1) is 5.10 Å². The molecule has 2 aromatic rings. The Morgan fingerprint density at radius 3 is 2.71 bits per heavy atom. The molecule has 1 amide bonds. The fourth-order valence-corrected chi connectivity index (χ4v) is 2.59. The van der Waals surface area contributed by atoms with E-state index in [4.69, 9.17) is 0 Å². The van der Waals surface area contributed by atoms with Crippen LogP contribution in [0.2, 0.25) is 0 Å². The molecule has 0 atom stereocenters. The standard InChI is InChI=1S/C15H19N5O/c1-19(12-7-9-16-10-8-12)15(21)14-11-17-20(18-14)13-5-3-2-4-6-13/h2-6,11-12,16H,7-10H2,1H3. The summed E-state index contributed by atoms with van der Waals surface area (Å²) < 4.78 is 0. The molecule has 1 aromatic heterocycles. The van der Waals surface area contributed by atoms with Crippen molar-refractivity contribution in [2.24, 2.45) is 0 Å². The Balaban J connectivity index is 1.74. The van der Waals surface area contributed by atoms with Crippen molar-refractivity contribution in [3.8, 4) is 5.69 Å². The topological polar surface area (TPSA) is 63.1 Å². The zero-order chi connectivity index (χ0) is 14.7. The van der Waals surface area contributed by atoms with Crippen molar-refractivity contribution in [2.45, 2.75) is 18.9 Å². The SMILES string of the molecule is CN(C(=O)c1cnn(-c2ccccc2)n1)C1CCNCC1. The van der Waals surface area contributed by atoms with Crippen molar-refractivity contribution >= 4 is 5.91 Å². The van der Waals surface area contributed by atoms with Crippen LogP contribution in [-0.2, 0) is 0 Å². The minimum atomic E-state index is -0.0657. The highest BCUT2D eigenvalue weighted by Gasteiger charge is 2.24. The number of nitrogens with one attached hydrogen (secondary N) is 1. The largest absolute Gasteiger partial charge is 0.337 e. The van der Waals surface area contributed by atoms with Gasteiger partial charge in [-0.3, -0.25) is 4.79 Å². The zero-order valence-electron chi connectivity index (χ0n) is 12.1. The number of hydrogen-bond donors (Lipinski definition) is 1. The van der Waals surface area contributed by atoms with E-state index in [0.29, 0.717) is 5.69 Å². The highest BCUT2D eigenvalue weighted by atomic mass is 16.2. The maximum Gasteiger partial charge on any atom is 0.276 e. The third-order valence-electron chi connectivity index (χ3n) is 3.87. The predicted octanol–water partition coefficient (Wildman–Crippen LogP) is 1.09. The number of amides is 1. The summed E-state index contributed by atoms with van der Waals surface area (Å²) in [5.41, 5.74) is 1.24. The molecule has 0 unspecified atom stereocenters. The Kier molecular flexibility index (Phi) is 3.96. The van der Waals surface area contributed by atoms with Crippen molar-refractivity contribution in [1.29, 1.82) is 0 Å². The van der Waals surface area contributed by atoms with Gasteiger partial charge in [0.2, 0.25) is 0 Å². The Labute approximate surface area is 123 Å². The molecule has 1 aliphatic rings. The second-order valence-corrected chi connectivity index (χ2v) is 5.25. The van der Waals surface area contributed by atoms with Crippen LogP contribution in [0.15, 0.2) is 36.5 Å². The fourth-order valence-electron chi connectivity index (χ4n) is 2.59. The summed E-state index contributed by atoms with van der Waals surface area (Å²) in [5, 5.41) is 11.8. The number of aromatic nitrogens is 3. The first kappa shape index (κ1) is 13.8. The number of hydrogen-bond acceptors (Lipinski definition) is 4. The van der Waals surface area contributed by atoms with Crippen molar-refractivity contribution in [2.75, 3.05) is 20.1 Å². The molecule has 1 saturated heterocycles. The van der Waals surface area contributed by atoms with E-state index in [2.05, 4.69) is 15.5 Å². The summed E-state index contributed by atoms with van der Waals surface area (Å²) in [7, 11) is 1.85. The summed E-state index contributed by atoms with van der Waals surface area (Å²) in [5.74, 6) is -0.0657. The molecule has 6 heteroatoms. The summed E-state index contributed by atoms with van der Waals surface area (Å²) in [6, 6.07) is 9.86. The van der Waals surface area contributed by atoms with Crippen molar-refractivity contribution in [3.05, 3.63) is 42.2 Å². The van der Waals surface area contributed by atoms with Crippen LogP contribution < -0.4 is 5.32 Å². The van der Waals surface area contributed by atoms with E-state index < -0.39 is 0 Å². The van der Waals surface area contributed by atoms with E-state index in [1.165, 1.54) is 11.0 Å². The van der Waals surface area contributed by atoms with E-state index in [1.54, 1.807) is 4.90 Å². The lowest BCUT2D eigenvalue weighted by atomic mass is 10.1. The monoisotopic (exact) mass is 285 g/mol. The number of rotatable bonds is 3. The van der Waals surface area contributed by atoms with Gasteiger partial charge in [-0.2, -0.15) is 9.90 Å². The highest BCUT2D eigenvalue weighted by molar-refractivity contribution is 5.92. The number of para-hydroxylation sites is 1. The molecule has 0 saturated carbocycles. The second kappa shape index (κ2) is 6.05. The molecule has 1 aliphatic heterocycles. The fraction of sp³-hybridized carbons (Fsp3) is 0.400. The maximum absolute atomic E-state index is 12.5. The Morgan fingerprint density at radius 2 is 2.00 bits per heavy atom. The smallest absolute Gasteiger partial charge is 0.276 e. The molecular formula is C15H19N5O. The van der Waals surface area contributed by atoms with Crippen molar-refractivity contribution in [3.63, 3.8) is 0 Å². The summed E-state index contributed by atoms with van der Waals surface area (Å²) in [4.78, 5) is 15.8. The minimum Gasteiger partial charge on any atom is -0.337 e. The molecule has 6 nitrogen and oxygen atoms in total. The quantitative estimate of drug-likeness (QED) is 0.917. The van der Waals surface area contributed by atoms with Crippen LogP contribution in [-0.4, -0.2) is 52.0 Å². The summed E-state index contributed by atoms with van der Waals surface area (Å²) >= 11 is 0. The molecule has 3 rings (SSSR count). The molecule has 110 valence electrons. The highest BCUT2D eigenvalue weighted by Crippen LogP contribution is 2.13. The predicted molar refractivity (Wildman–Crippen MR) is 79.3 cm³/mol. The van der Waals surface area contributed by atoms with E-state index in [9.17, 15) is 4.79 Å². The van der Waals surface area contributed by atoms with Crippen LogP contribution in [0.3, 0.4) is 0 Å². The molecule has 21 heavy (non-hydrogen) atoms. The van der Waals surface area contributed by atoms with Gasteiger partial charge in [0, 0.05) is 13.1 Å². The number of benzene rings is 1. The number of carbonyl (C=O) groups is 1. The Bertz CT molecular complexity index is 604. The van der Waals surface area contributed by atoms with Gasteiger partial charge < -0.3 is 10.2 Å². The first-order chi connectivity index (χ1) is 10.3. The van der Waals surface area contributed by atoms with Crippen LogP contribution in [0.5, 0.6) is 0 Å². The molecule has 1 N–H and O–H groups in total.